The van der Waals surface area contributed by atoms with Crippen LogP contribution < -0.4 is 10.1 Å². The average molecular weight is 390 g/mol. The first-order valence-electron chi connectivity index (χ1n) is 9.99. The number of aromatic amines is 1. The van der Waals surface area contributed by atoms with Crippen LogP contribution in [-0.4, -0.2) is 33.7 Å². The standard InChI is InChI=1S/C23H26N4O2/c1-16(2)24-23(28)27-13-12-21-20(14-27)22(26-25-21)18-8-10-19(11-9-18)29-15-17-6-4-3-5-7-17/h3-11,16H,12-15H2,1-2H3,(H,24,28)(H,25,26). The van der Waals surface area contributed by atoms with Gasteiger partial charge in [0.1, 0.15) is 12.4 Å². The number of hydrogen-bond donors (Lipinski definition) is 2. The molecule has 29 heavy (non-hydrogen) atoms. The molecule has 2 N–H and O–H groups in total. The number of benzene rings is 2. The van der Waals surface area contributed by atoms with E-state index in [0.29, 0.717) is 19.7 Å². The zero-order chi connectivity index (χ0) is 20.2. The Kier molecular flexibility index (Phi) is 5.51. The van der Waals surface area contributed by atoms with Gasteiger partial charge in [-0.15, -0.1) is 0 Å². The Morgan fingerprint density at radius 2 is 1.93 bits per heavy atom. The molecule has 0 unspecified atom stereocenters. The number of urea groups is 1. The third-order valence-corrected chi connectivity index (χ3v) is 5.01. The van der Waals surface area contributed by atoms with Crippen molar-refractivity contribution < 1.29 is 9.53 Å². The number of nitrogens with one attached hydrogen (secondary N) is 2. The number of carbonyl (C=O) groups is 1. The molecule has 3 aromatic rings. The summed E-state index contributed by atoms with van der Waals surface area (Å²) in [7, 11) is 0. The molecular formula is C23H26N4O2. The van der Waals surface area contributed by atoms with Gasteiger partial charge in [0, 0.05) is 35.8 Å². The Morgan fingerprint density at radius 1 is 1.17 bits per heavy atom. The van der Waals surface area contributed by atoms with Crippen molar-refractivity contribution in [3.8, 4) is 17.0 Å². The summed E-state index contributed by atoms with van der Waals surface area (Å²) in [4.78, 5) is 14.2. The van der Waals surface area contributed by atoms with Crippen LogP contribution in [-0.2, 0) is 19.6 Å². The molecule has 0 fully saturated rings. The molecule has 0 aliphatic carbocycles. The second-order valence-corrected chi connectivity index (χ2v) is 7.60. The largest absolute Gasteiger partial charge is 0.489 e. The number of amides is 2. The van der Waals surface area contributed by atoms with Gasteiger partial charge in [-0.1, -0.05) is 30.3 Å². The molecule has 1 aliphatic heterocycles. The highest BCUT2D eigenvalue weighted by molar-refractivity contribution is 5.75. The fraction of sp³-hybridized carbons (Fsp3) is 0.304. The van der Waals surface area contributed by atoms with Crippen LogP contribution in [0, 0.1) is 0 Å². The zero-order valence-electron chi connectivity index (χ0n) is 16.8. The van der Waals surface area contributed by atoms with Crippen LogP contribution in [0.25, 0.3) is 11.3 Å². The van der Waals surface area contributed by atoms with Gasteiger partial charge in [0.2, 0.25) is 0 Å². The summed E-state index contributed by atoms with van der Waals surface area (Å²) in [5.74, 6) is 0.819. The first-order valence-corrected chi connectivity index (χ1v) is 9.99. The van der Waals surface area contributed by atoms with Gasteiger partial charge in [0.15, 0.2) is 0 Å². The topological polar surface area (TPSA) is 70.2 Å². The molecule has 2 aromatic carbocycles. The summed E-state index contributed by atoms with van der Waals surface area (Å²) < 4.78 is 5.87. The second kappa shape index (κ2) is 8.39. The van der Waals surface area contributed by atoms with E-state index in [-0.39, 0.29) is 12.1 Å². The lowest BCUT2D eigenvalue weighted by molar-refractivity contribution is 0.190. The summed E-state index contributed by atoms with van der Waals surface area (Å²) in [5, 5.41) is 10.6. The minimum Gasteiger partial charge on any atom is -0.489 e. The molecule has 0 radical (unpaired) electrons. The van der Waals surface area contributed by atoms with Gasteiger partial charge >= 0.3 is 6.03 Å². The van der Waals surface area contributed by atoms with Crippen LogP contribution in [0.1, 0.15) is 30.7 Å². The Morgan fingerprint density at radius 3 is 2.66 bits per heavy atom. The maximum absolute atomic E-state index is 12.4. The van der Waals surface area contributed by atoms with Crippen molar-refractivity contribution in [1.82, 2.24) is 20.4 Å². The molecule has 0 saturated heterocycles. The van der Waals surface area contributed by atoms with Crippen molar-refractivity contribution in [1.29, 1.82) is 0 Å². The molecule has 2 amide bonds. The lowest BCUT2D eigenvalue weighted by Gasteiger charge is -2.28. The van der Waals surface area contributed by atoms with E-state index in [1.807, 2.05) is 73.3 Å². The molecular weight excluding hydrogens is 364 g/mol. The van der Waals surface area contributed by atoms with Crippen molar-refractivity contribution in [3.05, 3.63) is 71.4 Å². The van der Waals surface area contributed by atoms with Gasteiger partial charge in [0.05, 0.1) is 12.2 Å². The van der Waals surface area contributed by atoms with Crippen molar-refractivity contribution in [2.75, 3.05) is 6.54 Å². The molecule has 0 saturated carbocycles. The smallest absolute Gasteiger partial charge is 0.317 e. The lowest BCUT2D eigenvalue weighted by Crippen LogP contribution is -2.45. The number of carbonyl (C=O) groups excluding carboxylic acids is 1. The summed E-state index contributed by atoms with van der Waals surface area (Å²) in [6, 6.07) is 18.2. The van der Waals surface area contributed by atoms with Crippen LogP contribution >= 0.6 is 0 Å². The maximum atomic E-state index is 12.4. The van der Waals surface area contributed by atoms with Gasteiger partial charge in [-0.25, -0.2) is 4.79 Å². The number of hydrogen-bond acceptors (Lipinski definition) is 3. The number of aromatic nitrogens is 2. The van der Waals surface area contributed by atoms with E-state index in [9.17, 15) is 4.79 Å². The highest BCUT2D eigenvalue weighted by Gasteiger charge is 2.25. The molecule has 1 aliphatic rings. The Bertz CT molecular complexity index is 964. The summed E-state index contributed by atoms with van der Waals surface area (Å²) in [6.07, 6.45) is 0.784. The van der Waals surface area contributed by atoms with Gasteiger partial charge in [-0.2, -0.15) is 5.10 Å². The van der Waals surface area contributed by atoms with E-state index in [1.165, 1.54) is 0 Å². The van der Waals surface area contributed by atoms with Crippen LogP contribution in [0.4, 0.5) is 4.79 Å². The van der Waals surface area contributed by atoms with Gasteiger partial charge in [0.25, 0.3) is 0 Å². The average Bonchev–Trinajstić information content (AvgIpc) is 3.16. The van der Waals surface area contributed by atoms with Crippen LogP contribution in [0.5, 0.6) is 5.75 Å². The van der Waals surface area contributed by atoms with Crippen LogP contribution in [0.15, 0.2) is 54.6 Å². The van der Waals surface area contributed by atoms with Gasteiger partial charge < -0.3 is 15.0 Å². The minimum atomic E-state index is -0.0255. The Hall–Kier alpha value is -3.28. The van der Waals surface area contributed by atoms with Crippen LogP contribution in [0.2, 0.25) is 0 Å². The van der Waals surface area contributed by atoms with E-state index >= 15 is 0 Å². The predicted molar refractivity (Wildman–Crippen MR) is 113 cm³/mol. The third kappa shape index (κ3) is 4.42. The highest BCUT2D eigenvalue weighted by atomic mass is 16.5. The maximum Gasteiger partial charge on any atom is 0.317 e. The Balaban J connectivity index is 1.46. The number of nitrogens with zero attached hydrogens (tertiary/aromatic N) is 2. The van der Waals surface area contributed by atoms with E-state index in [0.717, 1.165) is 40.2 Å². The fourth-order valence-corrected chi connectivity index (χ4v) is 3.50. The van der Waals surface area contributed by atoms with Gasteiger partial charge in [-0.05, 0) is 43.7 Å². The molecule has 150 valence electrons. The van der Waals surface area contributed by atoms with Crippen molar-refractivity contribution >= 4 is 6.03 Å². The third-order valence-electron chi connectivity index (χ3n) is 5.01. The van der Waals surface area contributed by atoms with E-state index in [1.54, 1.807) is 0 Å². The number of H-pyrrole nitrogens is 1. The molecule has 0 bridgehead atoms. The van der Waals surface area contributed by atoms with Crippen molar-refractivity contribution in [2.24, 2.45) is 0 Å². The highest BCUT2D eigenvalue weighted by Crippen LogP contribution is 2.29. The first kappa shape index (κ1) is 19.1. The minimum absolute atomic E-state index is 0.0255. The molecule has 0 atom stereocenters. The summed E-state index contributed by atoms with van der Waals surface area (Å²) in [5.41, 5.74) is 5.25. The van der Waals surface area contributed by atoms with Crippen molar-refractivity contribution in [3.63, 3.8) is 0 Å². The normalized spacial score (nSPS) is 13.3. The predicted octanol–water partition coefficient (Wildman–Crippen LogP) is 4.13. The lowest BCUT2D eigenvalue weighted by atomic mass is 10.0. The Labute approximate surface area is 170 Å². The first-order chi connectivity index (χ1) is 14.1. The molecule has 6 nitrogen and oxygen atoms in total. The van der Waals surface area contributed by atoms with E-state index < -0.39 is 0 Å². The van der Waals surface area contributed by atoms with E-state index in [2.05, 4.69) is 15.5 Å². The molecule has 2 heterocycles. The number of rotatable bonds is 5. The van der Waals surface area contributed by atoms with Crippen molar-refractivity contribution in [2.45, 2.75) is 39.5 Å². The number of ether oxygens (including phenoxy) is 1. The summed E-state index contributed by atoms with van der Waals surface area (Å²) >= 11 is 0. The second-order valence-electron chi connectivity index (χ2n) is 7.60. The van der Waals surface area contributed by atoms with Crippen LogP contribution in [0.3, 0.4) is 0 Å². The molecule has 1 aromatic heterocycles. The summed E-state index contributed by atoms with van der Waals surface area (Å²) in [6.45, 7) is 5.74. The molecule has 6 heteroatoms. The molecule has 0 spiro atoms. The quantitative estimate of drug-likeness (QED) is 0.688. The SMILES string of the molecule is CC(C)NC(=O)N1CCc2[nH]nc(-c3ccc(OCc4ccccc4)cc3)c2C1. The zero-order valence-corrected chi connectivity index (χ0v) is 16.8. The molecule has 4 rings (SSSR count). The van der Waals surface area contributed by atoms with E-state index in [4.69, 9.17) is 4.74 Å². The monoisotopic (exact) mass is 390 g/mol. The fourth-order valence-electron chi connectivity index (χ4n) is 3.50. The van der Waals surface area contributed by atoms with Gasteiger partial charge in [-0.3, -0.25) is 5.10 Å². The number of fused-ring (bicyclic) bond motifs is 1.